The van der Waals surface area contributed by atoms with Crippen molar-refractivity contribution in [2.45, 2.75) is 37.5 Å². The molecule has 1 aliphatic heterocycles. The van der Waals surface area contributed by atoms with Crippen LogP contribution < -0.4 is 10.2 Å². The highest BCUT2D eigenvalue weighted by Crippen LogP contribution is 2.36. The number of anilines is 1. The molecule has 1 heterocycles. The molecule has 0 bridgehead atoms. The molecule has 1 aliphatic rings. The zero-order valence-electron chi connectivity index (χ0n) is 16.3. The predicted molar refractivity (Wildman–Crippen MR) is 114 cm³/mol. The minimum Gasteiger partial charge on any atom is -0.338 e. The molecule has 0 radical (unpaired) electrons. The van der Waals surface area contributed by atoms with Crippen molar-refractivity contribution in [1.29, 1.82) is 0 Å². The normalized spacial score (nSPS) is 13.5. The van der Waals surface area contributed by atoms with E-state index in [1.807, 2.05) is 23.1 Å². The maximum Gasteiger partial charge on any atom is 0.322 e. The van der Waals surface area contributed by atoms with Gasteiger partial charge in [-0.3, -0.25) is 4.90 Å². The third kappa shape index (κ3) is 5.05. The summed E-state index contributed by atoms with van der Waals surface area (Å²) in [6.07, 6.45) is 0.967. The summed E-state index contributed by atoms with van der Waals surface area (Å²) < 4.78 is 0. The molecule has 2 aromatic carbocycles. The number of amides is 2. The van der Waals surface area contributed by atoms with Gasteiger partial charge < -0.3 is 10.2 Å². The summed E-state index contributed by atoms with van der Waals surface area (Å²) in [5.41, 5.74) is 3.52. The molecule has 0 aromatic heterocycles. The van der Waals surface area contributed by atoms with Crippen LogP contribution in [0.25, 0.3) is 0 Å². The zero-order chi connectivity index (χ0) is 19.1. The highest BCUT2D eigenvalue weighted by Gasteiger charge is 2.22. The molecule has 0 fully saturated rings. The molecule has 2 aromatic rings. The van der Waals surface area contributed by atoms with Crippen molar-refractivity contribution in [2.24, 2.45) is 0 Å². The van der Waals surface area contributed by atoms with Gasteiger partial charge in [0.2, 0.25) is 0 Å². The first-order valence-corrected chi connectivity index (χ1v) is 10.8. The fourth-order valence-electron chi connectivity index (χ4n) is 3.38. The Hall–Kier alpha value is -1.98. The van der Waals surface area contributed by atoms with Crippen molar-refractivity contribution in [1.82, 2.24) is 10.2 Å². The van der Waals surface area contributed by atoms with E-state index in [9.17, 15) is 4.79 Å². The molecule has 5 heteroatoms. The number of hydrogen-bond acceptors (Lipinski definition) is 3. The van der Waals surface area contributed by atoms with Gasteiger partial charge in [-0.05, 0) is 49.3 Å². The number of carbonyl (C=O) groups excluding carboxylic acids is 1. The third-order valence-corrected chi connectivity index (χ3v) is 6.16. The topological polar surface area (TPSA) is 35.6 Å². The largest absolute Gasteiger partial charge is 0.338 e. The van der Waals surface area contributed by atoms with Gasteiger partial charge >= 0.3 is 6.03 Å². The Balaban J connectivity index is 1.72. The van der Waals surface area contributed by atoms with Crippen LogP contribution in [-0.4, -0.2) is 37.1 Å². The second-order valence-corrected chi connectivity index (χ2v) is 7.74. The minimum absolute atomic E-state index is 0.0145. The molecule has 0 unspecified atom stereocenters. The Labute approximate surface area is 166 Å². The summed E-state index contributed by atoms with van der Waals surface area (Å²) in [5.74, 6) is 0.937. The molecule has 144 valence electrons. The lowest BCUT2D eigenvalue weighted by molar-refractivity contribution is 0.244. The molecule has 3 rings (SSSR count). The number of nitrogens with zero attached hydrogens (tertiary/aromatic N) is 2. The highest BCUT2D eigenvalue weighted by atomic mass is 32.2. The lowest BCUT2D eigenvalue weighted by Crippen LogP contribution is -2.41. The second kappa shape index (κ2) is 9.81. The highest BCUT2D eigenvalue weighted by molar-refractivity contribution is 7.98. The number of nitrogens with one attached hydrogen (secondary N) is 1. The minimum atomic E-state index is -0.0145. The van der Waals surface area contributed by atoms with Crippen LogP contribution in [0, 0.1) is 0 Å². The van der Waals surface area contributed by atoms with Gasteiger partial charge in [0.05, 0.1) is 12.2 Å². The number of hydrogen-bond donors (Lipinski definition) is 1. The smallest absolute Gasteiger partial charge is 0.322 e. The molecular weight excluding hydrogens is 354 g/mol. The van der Waals surface area contributed by atoms with E-state index in [1.165, 1.54) is 11.1 Å². The maximum atomic E-state index is 13.0. The van der Waals surface area contributed by atoms with Gasteiger partial charge in [0.25, 0.3) is 0 Å². The van der Waals surface area contributed by atoms with E-state index < -0.39 is 0 Å². The number of rotatable bonds is 6. The van der Waals surface area contributed by atoms with Crippen LogP contribution in [0.5, 0.6) is 0 Å². The van der Waals surface area contributed by atoms with Crippen LogP contribution in [-0.2, 0) is 12.3 Å². The lowest BCUT2D eigenvalue weighted by Gasteiger charge is -2.28. The molecule has 0 saturated carbocycles. The van der Waals surface area contributed by atoms with E-state index in [1.54, 1.807) is 11.8 Å². The summed E-state index contributed by atoms with van der Waals surface area (Å²) in [5, 5.41) is 3.13. The summed E-state index contributed by atoms with van der Waals surface area (Å²) in [7, 11) is 0. The standard InChI is InChI=1S/C22H29N3OS/c1-3-24(4-2)15-9-14-23-22(26)25-16-18-10-5-6-11-19(18)17-27-21-13-8-7-12-20(21)25/h5-8,10-13H,3-4,9,14-17H2,1-2H3,(H,23,26). The number of urea groups is 1. The summed E-state index contributed by atoms with van der Waals surface area (Å²) >= 11 is 1.80. The summed E-state index contributed by atoms with van der Waals surface area (Å²) in [6, 6.07) is 16.6. The van der Waals surface area contributed by atoms with E-state index in [4.69, 9.17) is 0 Å². The number of para-hydroxylation sites is 1. The van der Waals surface area contributed by atoms with Crippen molar-refractivity contribution in [3.05, 3.63) is 59.7 Å². The first-order valence-electron chi connectivity index (χ1n) is 9.79. The van der Waals surface area contributed by atoms with Crippen LogP contribution in [0.4, 0.5) is 10.5 Å². The quantitative estimate of drug-likeness (QED) is 0.732. The van der Waals surface area contributed by atoms with Gasteiger partial charge in [0, 0.05) is 17.2 Å². The SMILES string of the molecule is CCN(CC)CCCNC(=O)N1Cc2ccccc2CSc2ccccc21. The van der Waals surface area contributed by atoms with E-state index in [-0.39, 0.29) is 6.03 Å². The molecular formula is C22H29N3OS. The Bertz CT molecular complexity index is 761. The van der Waals surface area contributed by atoms with Crippen molar-refractivity contribution in [2.75, 3.05) is 31.1 Å². The van der Waals surface area contributed by atoms with Gasteiger partial charge in [-0.15, -0.1) is 11.8 Å². The lowest BCUT2D eigenvalue weighted by atomic mass is 10.1. The van der Waals surface area contributed by atoms with Gasteiger partial charge in [-0.1, -0.05) is 50.2 Å². The van der Waals surface area contributed by atoms with Crippen LogP contribution in [0.1, 0.15) is 31.4 Å². The number of fused-ring (bicyclic) bond motifs is 2. The monoisotopic (exact) mass is 383 g/mol. The molecule has 0 saturated heterocycles. The number of thioether (sulfide) groups is 1. The van der Waals surface area contributed by atoms with E-state index >= 15 is 0 Å². The van der Waals surface area contributed by atoms with E-state index in [2.05, 4.69) is 54.4 Å². The van der Waals surface area contributed by atoms with Crippen LogP contribution in [0.3, 0.4) is 0 Å². The fraction of sp³-hybridized carbons (Fsp3) is 0.409. The van der Waals surface area contributed by atoms with E-state index in [0.717, 1.165) is 42.4 Å². The van der Waals surface area contributed by atoms with Crippen molar-refractivity contribution in [3.8, 4) is 0 Å². The maximum absolute atomic E-state index is 13.0. The van der Waals surface area contributed by atoms with Crippen LogP contribution in [0.15, 0.2) is 53.4 Å². The van der Waals surface area contributed by atoms with Crippen LogP contribution >= 0.6 is 11.8 Å². The molecule has 0 spiro atoms. The molecule has 0 atom stereocenters. The average molecular weight is 384 g/mol. The summed E-state index contributed by atoms with van der Waals surface area (Å²) in [6.45, 7) is 8.78. The number of carbonyl (C=O) groups is 1. The third-order valence-electron chi connectivity index (χ3n) is 5.05. The van der Waals surface area contributed by atoms with Gasteiger partial charge in [0.15, 0.2) is 0 Å². The first-order chi connectivity index (χ1) is 13.2. The van der Waals surface area contributed by atoms with Crippen LogP contribution in [0.2, 0.25) is 0 Å². The van der Waals surface area contributed by atoms with Crippen molar-refractivity contribution in [3.63, 3.8) is 0 Å². The fourth-order valence-corrected chi connectivity index (χ4v) is 4.47. The van der Waals surface area contributed by atoms with Crippen molar-refractivity contribution < 1.29 is 4.79 Å². The van der Waals surface area contributed by atoms with Gasteiger partial charge in [-0.2, -0.15) is 0 Å². The first kappa shape index (κ1) is 19.8. The molecule has 4 nitrogen and oxygen atoms in total. The molecule has 1 N–H and O–H groups in total. The van der Waals surface area contributed by atoms with E-state index in [0.29, 0.717) is 13.1 Å². The molecule has 27 heavy (non-hydrogen) atoms. The Kier molecular flexibility index (Phi) is 7.18. The summed E-state index contributed by atoms with van der Waals surface area (Å²) in [4.78, 5) is 18.4. The van der Waals surface area contributed by atoms with Gasteiger partial charge in [0.1, 0.15) is 0 Å². The second-order valence-electron chi connectivity index (χ2n) is 6.72. The Morgan fingerprint density at radius 3 is 2.56 bits per heavy atom. The van der Waals surface area contributed by atoms with Gasteiger partial charge in [-0.25, -0.2) is 4.79 Å². The molecule has 2 amide bonds. The Morgan fingerprint density at radius 2 is 1.78 bits per heavy atom. The Morgan fingerprint density at radius 1 is 1.07 bits per heavy atom. The molecule has 0 aliphatic carbocycles. The zero-order valence-corrected chi connectivity index (χ0v) is 17.1. The van der Waals surface area contributed by atoms with Crippen molar-refractivity contribution >= 4 is 23.5 Å². The predicted octanol–water partition coefficient (Wildman–Crippen LogP) is 4.74. The number of benzene rings is 2. The average Bonchev–Trinajstić information content (AvgIpc) is 2.69.